The van der Waals surface area contributed by atoms with E-state index in [1.807, 2.05) is 71.6 Å². The molecule has 6 nitrogen and oxygen atoms in total. The lowest BCUT2D eigenvalue weighted by atomic mass is 10.1. The van der Waals surface area contributed by atoms with Gasteiger partial charge >= 0.3 is 0 Å². The van der Waals surface area contributed by atoms with Crippen molar-refractivity contribution in [3.8, 4) is 6.07 Å². The Labute approximate surface area is 165 Å². The molecule has 1 atom stereocenters. The van der Waals surface area contributed by atoms with Crippen molar-refractivity contribution in [2.24, 2.45) is 16.8 Å². The summed E-state index contributed by atoms with van der Waals surface area (Å²) in [4.78, 5) is 4.59. The first kappa shape index (κ1) is 24.4. The van der Waals surface area contributed by atoms with Crippen LogP contribution in [0.3, 0.4) is 0 Å². The van der Waals surface area contributed by atoms with Crippen LogP contribution in [0.5, 0.6) is 0 Å². The minimum absolute atomic E-state index is 0.0604. The van der Waals surface area contributed by atoms with Crippen LogP contribution in [0.4, 0.5) is 0 Å². The van der Waals surface area contributed by atoms with E-state index < -0.39 is 0 Å². The van der Waals surface area contributed by atoms with Crippen LogP contribution in [0.25, 0.3) is 0 Å². The molecule has 0 aromatic carbocycles. The molecule has 0 amide bonds. The van der Waals surface area contributed by atoms with Gasteiger partial charge in [0.15, 0.2) is 5.84 Å². The maximum atomic E-state index is 9.19. The maximum absolute atomic E-state index is 9.19. The molecule has 0 rings (SSSR count). The van der Waals surface area contributed by atoms with Crippen molar-refractivity contribution in [2.75, 3.05) is 21.1 Å². The molecule has 1 unspecified atom stereocenters. The minimum atomic E-state index is 0.0604. The standard InChI is InChI=1S/C21H35N6/c1-10-19(15-22)18(6)11-13-27(9,14-12-24-7)26(8)21(17(4)5)25-20(23)16(2)3/h10-14,16-17,23-24H,1H2,2-9H3/q+1/b13-11+,14-12-,19-18-,23-20?,25-21?. The number of nitriles is 1. The van der Waals surface area contributed by atoms with Gasteiger partial charge in [-0.1, -0.05) is 40.3 Å². The third kappa shape index (κ3) is 7.24. The highest BCUT2D eigenvalue weighted by molar-refractivity contribution is 5.96. The van der Waals surface area contributed by atoms with E-state index in [-0.39, 0.29) is 16.4 Å². The van der Waals surface area contributed by atoms with Crippen molar-refractivity contribution in [3.63, 3.8) is 0 Å². The Morgan fingerprint density at radius 3 is 2.26 bits per heavy atom. The normalized spacial score (nSPS) is 15.7. The number of nitrogens with one attached hydrogen (secondary N) is 2. The van der Waals surface area contributed by atoms with E-state index in [0.29, 0.717) is 11.4 Å². The monoisotopic (exact) mass is 371 g/mol. The lowest BCUT2D eigenvalue weighted by molar-refractivity contribution is -0.912. The third-order valence-electron chi connectivity index (χ3n) is 4.20. The van der Waals surface area contributed by atoms with E-state index >= 15 is 0 Å². The second-order valence-corrected chi connectivity index (χ2v) is 7.12. The fraction of sp³-hybridized carbons (Fsp3) is 0.476. The summed E-state index contributed by atoms with van der Waals surface area (Å²) in [7, 11) is 5.80. The third-order valence-corrected chi connectivity index (χ3v) is 4.20. The summed E-state index contributed by atoms with van der Waals surface area (Å²) >= 11 is 0. The molecule has 0 saturated carbocycles. The Morgan fingerprint density at radius 2 is 1.85 bits per heavy atom. The van der Waals surface area contributed by atoms with Crippen molar-refractivity contribution in [1.29, 1.82) is 10.7 Å². The molecule has 0 radical (unpaired) electrons. The summed E-state index contributed by atoms with van der Waals surface area (Å²) in [5.41, 5.74) is 1.37. The zero-order chi connectivity index (χ0) is 21.2. The quantitative estimate of drug-likeness (QED) is 0.168. The Morgan fingerprint density at radius 1 is 1.26 bits per heavy atom. The van der Waals surface area contributed by atoms with E-state index in [0.717, 1.165) is 11.4 Å². The van der Waals surface area contributed by atoms with E-state index in [4.69, 9.17) is 5.41 Å². The average molecular weight is 372 g/mol. The fourth-order valence-corrected chi connectivity index (χ4v) is 2.17. The molecule has 0 spiro atoms. The minimum Gasteiger partial charge on any atom is -0.390 e. The maximum Gasteiger partial charge on any atom is 0.158 e. The molecular formula is C21H35N6+. The van der Waals surface area contributed by atoms with Crippen molar-refractivity contribution >= 4 is 11.7 Å². The van der Waals surface area contributed by atoms with Crippen molar-refractivity contribution in [3.05, 3.63) is 48.5 Å². The smallest absolute Gasteiger partial charge is 0.158 e. The first-order chi connectivity index (χ1) is 12.5. The first-order valence-corrected chi connectivity index (χ1v) is 9.08. The molecule has 0 aliphatic rings. The predicted octanol–water partition coefficient (Wildman–Crippen LogP) is 4.20. The number of allylic oxidation sites excluding steroid dienone is 4. The summed E-state index contributed by atoms with van der Waals surface area (Å²) in [5, 5.41) is 22.4. The highest BCUT2D eigenvalue weighted by atomic mass is 15.7. The van der Waals surface area contributed by atoms with Crippen molar-refractivity contribution in [1.82, 2.24) is 10.3 Å². The molecule has 0 aliphatic carbocycles. The van der Waals surface area contributed by atoms with Gasteiger partial charge in [-0.05, 0) is 18.6 Å². The van der Waals surface area contributed by atoms with Gasteiger partial charge in [-0.3, -0.25) is 5.41 Å². The summed E-state index contributed by atoms with van der Waals surface area (Å²) in [6, 6.07) is 2.15. The molecule has 0 fully saturated rings. The van der Waals surface area contributed by atoms with Crippen LogP contribution in [0, 0.1) is 28.6 Å². The largest absolute Gasteiger partial charge is 0.390 e. The van der Waals surface area contributed by atoms with Gasteiger partial charge in [-0.25, -0.2) is 10.0 Å². The van der Waals surface area contributed by atoms with Gasteiger partial charge in [0, 0.05) is 18.9 Å². The van der Waals surface area contributed by atoms with Crippen LogP contribution in [-0.2, 0) is 0 Å². The van der Waals surface area contributed by atoms with Gasteiger partial charge in [0.2, 0.25) is 0 Å². The van der Waals surface area contributed by atoms with E-state index in [1.54, 1.807) is 6.08 Å². The zero-order valence-corrected chi connectivity index (χ0v) is 18.0. The van der Waals surface area contributed by atoms with Crippen molar-refractivity contribution in [2.45, 2.75) is 34.6 Å². The van der Waals surface area contributed by atoms with Gasteiger partial charge in [-0.15, -0.1) is 0 Å². The van der Waals surface area contributed by atoms with Gasteiger partial charge < -0.3 is 5.32 Å². The molecule has 0 aromatic heterocycles. The second-order valence-electron chi connectivity index (χ2n) is 7.12. The lowest BCUT2D eigenvalue weighted by Gasteiger charge is -2.37. The van der Waals surface area contributed by atoms with E-state index in [1.165, 1.54) is 0 Å². The Bertz CT molecular complexity index is 688. The van der Waals surface area contributed by atoms with Gasteiger partial charge in [0.05, 0.1) is 24.9 Å². The Kier molecular flexibility index (Phi) is 10.1. The molecule has 0 heterocycles. The number of hydrogen-bond acceptors (Lipinski definition) is 3. The van der Waals surface area contributed by atoms with E-state index in [9.17, 15) is 5.26 Å². The molecule has 0 aliphatic heterocycles. The van der Waals surface area contributed by atoms with Crippen molar-refractivity contribution < 1.29 is 4.59 Å². The van der Waals surface area contributed by atoms with Crippen LogP contribution >= 0.6 is 0 Å². The molecule has 148 valence electrons. The van der Waals surface area contributed by atoms with Gasteiger partial charge in [0.25, 0.3) is 0 Å². The number of nitrogens with zero attached hydrogens (tertiary/aromatic N) is 4. The number of quaternary nitrogens is 1. The SMILES string of the molecule is C=C/C(C#N)=C(C)/C=C/[N+](C)(/C=C\NC)N(C)C(=NC(=N)C(C)C)C(C)C. The number of rotatable bonds is 8. The molecule has 6 heteroatoms. The molecule has 2 N–H and O–H groups in total. The van der Waals surface area contributed by atoms with Gasteiger partial charge in [-0.2, -0.15) is 9.85 Å². The summed E-state index contributed by atoms with van der Waals surface area (Å²) in [6.07, 6.45) is 9.26. The summed E-state index contributed by atoms with van der Waals surface area (Å²) < 4.78 is 0.288. The Balaban J connectivity index is 6.21. The van der Waals surface area contributed by atoms with Crippen LogP contribution in [-0.4, -0.2) is 42.4 Å². The molecule has 0 saturated heterocycles. The van der Waals surface area contributed by atoms with Gasteiger partial charge in [0.1, 0.15) is 25.3 Å². The summed E-state index contributed by atoms with van der Waals surface area (Å²) in [5.74, 6) is 1.37. The molecular weight excluding hydrogens is 336 g/mol. The Hall–Kier alpha value is -2.65. The lowest BCUT2D eigenvalue weighted by Crippen LogP contribution is -2.52. The first-order valence-electron chi connectivity index (χ1n) is 9.08. The molecule has 0 aromatic rings. The zero-order valence-electron chi connectivity index (χ0n) is 18.0. The number of amidine groups is 2. The van der Waals surface area contributed by atoms with Crippen LogP contribution < -0.4 is 5.32 Å². The molecule has 0 bridgehead atoms. The van der Waals surface area contributed by atoms with Crippen LogP contribution in [0.15, 0.2) is 53.5 Å². The molecule has 27 heavy (non-hydrogen) atoms. The average Bonchev–Trinajstić information content (AvgIpc) is 2.62. The van der Waals surface area contributed by atoms with E-state index in [2.05, 4.69) is 36.8 Å². The van der Waals surface area contributed by atoms with Crippen LogP contribution in [0.1, 0.15) is 34.6 Å². The number of hydrogen-bond donors (Lipinski definition) is 2. The number of aliphatic imine (C=N–C) groups is 1. The fourth-order valence-electron chi connectivity index (χ4n) is 2.17. The topological polar surface area (TPSA) is 75.3 Å². The van der Waals surface area contributed by atoms with Crippen LogP contribution in [0.2, 0.25) is 0 Å². The highest BCUT2D eigenvalue weighted by Gasteiger charge is 2.28. The second kappa shape index (κ2) is 11.1. The summed E-state index contributed by atoms with van der Waals surface area (Å²) in [6.45, 7) is 13.6. The highest BCUT2D eigenvalue weighted by Crippen LogP contribution is 2.18. The predicted molar refractivity (Wildman–Crippen MR) is 115 cm³/mol.